The van der Waals surface area contributed by atoms with Gasteiger partial charge in [0.1, 0.15) is 12.4 Å². The van der Waals surface area contributed by atoms with E-state index in [9.17, 15) is 4.79 Å². The van der Waals surface area contributed by atoms with Crippen LogP contribution in [0, 0.1) is 0 Å². The summed E-state index contributed by atoms with van der Waals surface area (Å²) in [5, 5.41) is 0. The maximum atomic E-state index is 14.0. The summed E-state index contributed by atoms with van der Waals surface area (Å²) in [6.07, 6.45) is 5.36. The lowest BCUT2D eigenvalue weighted by atomic mass is 9.83. The highest BCUT2D eigenvalue weighted by Gasteiger charge is 2.33. The Labute approximate surface area is 230 Å². The molecule has 1 aliphatic heterocycles. The minimum atomic E-state index is -0.291. The van der Waals surface area contributed by atoms with Gasteiger partial charge < -0.3 is 14.2 Å². The molecule has 196 valence electrons. The number of nitrogens with zero attached hydrogens (tertiary/aromatic N) is 2. The van der Waals surface area contributed by atoms with Crippen molar-refractivity contribution < 1.29 is 14.2 Å². The first kappa shape index (κ1) is 24.9. The SMILES string of the molecule is C=CCOc1ccc(/C=c2\sc3n(c2=O)[C@H](c2ccc(OC)c(OC)c2)C2=C(N=3)c3ccccc3CC2)cc1. The summed E-state index contributed by atoms with van der Waals surface area (Å²) in [5.41, 5.74) is 6.35. The van der Waals surface area contributed by atoms with Crippen LogP contribution in [0.3, 0.4) is 0 Å². The van der Waals surface area contributed by atoms with E-state index in [0.29, 0.717) is 27.4 Å². The Hall–Kier alpha value is -4.36. The molecule has 1 atom stereocenters. The maximum absolute atomic E-state index is 14.0. The van der Waals surface area contributed by atoms with Crippen LogP contribution in [0.4, 0.5) is 0 Å². The normalized spacial score (nSPS) is 16.1. The van der Waals surface area contributed by atoms with Crippen molar-refractivity contribution in [3.05, 3.63) is 127 Å². The molecule has 0 amide bonds. The van der Waals surface area contributed by atoms with Crippen molar-refractivity contribution >= 4 is 23.1 Å². The third kappa shape index (κ3) is 4.49. The Morgan fingerprint density at radius 1 is 1.03 bits per heavy atom. The van der Waals surface area contributed by atoms with Gasteiger partial charge in [-0.3, -0.25) is 9.36 Å². The van der Waals surface area contributed by atoms with Crippen molar-refractivity contribution in [2.24, 2.45) is 4.99 Å². The lowest BCUT2D eigenvalue weighted by Crippen LogP contribution is -2.38. The first-order chi connectivity index (χ1) is 19.1. The van der Waals surface area contributed by atoms with Crippen LogP contribution in [-0.2, 0) is 6.42 Å². The smallest absolute Gasteiger partial charge is 0.271 e. The summed E-state index contributed by atoms with van der Waals surface area (Å²) in [4.78, 5) is 19.8. The number of thiazole rings is 1. The third-order valence-corrected chi connectivity index (χ3v) is 8.12. The van der Waals surface area contributed by atoms with E-state index in [2.05, 4.69) is 24.8 Å². The molecule has 1 aromatic heterocycles. The van der Waals surface area contributed by atoms with Crippen molar-refractivity contribution in [1.29, 1.82) is 0 Å². The van der Waals surface area contributed by atoms with Crippen molar-refractivity contribution in [3.63, 3.8) is 0 Å². The van der Waals surface area contributed by atoms with Crippen LogP contribution in [-0.4, -0.2) is 25.4 Å². The molecule has 6 rings (SSSR count). The minimum Gasteiger partial charge on any atom is -0.493 e. The maximum Gasteiger partial charge on any atom is 0.271 e. The summed E-state index contributed by atoms with van der Waals surface area (Å²) < 4.78 is 19.2. The molecule has 7 heteroatoms. The van der Waals surface area contributed by atoms with E-state index < -0.39 is 0 Å². The minimum absolute atomic E-state index is 0.0593. The average Bonchev–Trinajstić information content (AvgIpc) is 3.29. The van der Waals surface area contributed by atoms with Gasteiger partial charge in [0.15, 0.2) is 16.3 Å². The summed E-state index contributed by atoms with van der Waals surface area (Å²) in [6.45, 7) is 4.13. The van der Waals surface area contributed by atoms with Gasteiger partial charge in [0.05, 0.1) is 30.5 Å². The second-order valence-corrected chi connectivity index (χ2v) is 10.4. The molecule has 39 heavy (non-hydrogen) atoms. The number of hydrogen-bond acceptors (Lipinski definition) is 6. The highest BCUT2D eigenvalue weighted by atomic mass is 32.1. The van der Waals surface area contributed by atoms with Gasteiger partial charge in [-0.05, 0) is 65.4 Å². The summed E-state index contributed by atoms with van der Waals surface area (Å²) in [6, 6.07) is 21.7. The molecular formula is C32H28N2O4S. The Morgan fingerprint density at radius 2 is 1.82 bits per heavy atom. The van der Waals surface area contributed by atoms with Gasteiger partial charge in [0.25, 0.3) is 5.56 Å². The van der Waals surface area contributed by atoms with Crippen LogP contribution in [0.5, 0.6) is 17.2 Å². The molecule has 6 nitrogen and oxygen atoms in total. The van der Waals surface area contributed by atoms with E-state index in [1.807, 2.05) is 59.2 Å². The molecule has 0 saturated heterocycles. The quantitative estimate of drug-likeness (QED) is 0.315. The zero-order valence-corrected chi connectivity index (χ0v) is 22.7. The van der Waals surface area contributed by atoms with Crippen LogP contribution in [0.25, 0.3) is 11.8 Å². The van der Waals surface area contributed by atoms with E-state index in [1.165, 1.54) is 16.9 Å². The van der Waals surface area contributed by atoms with Crippen LogP contribution in [0.15, 0.2) is 94.7 Å². The first-order valence-corrected chi connectivity index (χ1v) is 13.6. The second kappa shape index (κ2) is 10.4. The fraction of sp³-hybridized carbons (Fsp3) is 0.188. The molecule has 0 bridgehead atoms. The van der Waals surface area contributed by atoms with Gasteiger partial charge in [-0.15, -0.1) is 0 Å². The van der Waals surface area contributed by atoms with E-state index in [-0.39, 0.29) is 11.6 Å². The lowest BCUT2D eigenvalue weighted by molar-refractivity contribution is 0.354. The standard InChI is InChI=1S/C32H28N2O4S/c1-4-17-38-23-13-9-20(10-14-23)18-28-31(35)34-30(22-12-16-26(36-2)27(19-22)37-3)25-15-11-21-7-5-6-8-24(21)29(25)33-32(34)39-28/h4-10,12-14,16,18-19,30H,1,11,15,17H2,2-3H3/b28-18-/t30-/m1/s1. The van der Waals surface area contributed by atoms with E-state index in [1.54, 1.807) is 20.3 Å². The molecule has 2 heterocycles. The number of benzene rings is 3. The molecule has 2 aliphatic rings. The molecule has 0 spiro atoms. The van der Waals surface area contributed by atoms with Crippen molar-refractivity contribution in [3.8, 4) is 17.2 Å². The monoisotopic (exact) mass is 536 g/mol. The van der Waals surface area contributed by atoms with Crippen molar-refractivity contribution in [2.45, 2.75) is 18.9 Å². The van der Waals surface area contributed by atoms with E-state index >= 15 is 0 Å². The average molecular weight is 537 g/mol. The highest BCUT2D eigenvalue weighted by molar-refractivity contribution is 7.07. The molecule has 0 N–H and O–H groups in total. The van der Waals surface area contributed by atoms with Crippen LogP contribution < -0.4 is 29.1 Å². The Morgan fingerprint density at radius 3 is 2.59 bits per heavy atom. The zero-order chi connectivity index (χ0) is 26.9. The summed E-state index contributed by atoms with van der Waals surface area (Å²) >= 11 is 1.41. The largest absolute Gasteiger partial charge is 0.493 e. The van der Waals surface area contributed by atoms with E-state index in [4.69, 9.17) is 19.2 Å². The molecule has 0 fully saturated rings. The van der Waals surface area contributed by atoms with Gasteiger partial charge in [-0.25, -0.2) is 4.99 Å². The number of allylic oxidation sites excluding steroid dienone is 1. The van der Waals surface area contributed by atoms with Gasteiger partial charge >= 0.3 is 0 Å². The second-order valence-electron chi connectivity index (χ2n) is 9.40. The molecule has 3 aromatic carbocycles. The van der Waals surface area contributed by atoms with Gasteiger partial charge in [0, 0.05) is 5.56 Å². The number of aromatic nitrogens is 1. The lowest BCUT2D eigenvalue weighted by Gasteiger charge is -2.31. The number of methoxy groups -OCH3 is 2. The summed E-state index contributed by atoms with van der Waals surface area (Å²) in [5.74, 6) is 2.04. The molecule has 0 radical (unpaired) electrons. The fourth-order valence-corrected chi connectivity index (χ4v) is 6.31. The molecule has 0 unspecified atom stereocenters. The number of ether oxygens (including phenoxy) is 3. The highest BCUT2D eigenvalue weighted by Crippen LogP contribution is 2.42. The molecule has 4 aromatic rings. The Balaban J connectivity index is 1.53. The number of hydrogen-bond donors (Lipinski definition) is 0. The van der Waals surface area contributed by atoms with E-state index in [0.717, 1.165) is 46.6 Å². The van der Waals surface area contributed by atoms with Crippen molar-refractivity contribution in [2.75, 3.05) is 20.8 Å². The molecular weight excluding hydrogens is 508 g/mol. The zero-order valence-electron chi connectivity index (χ0n) is 21.8. The van der Waals surface area contributed by atoms with Crippen LogP contribution in [0.2, 0.25) is 0 Å². The van der Waals surface area contributed by atoms with Gasteiger partial charge in [-0.2, -0.15) is 0 Å². The number of rotatable bonds is 7. The number of aryl methyl sites for hydroxylation is 1. The molecule has 0 saturated carbocycles. The summed E-state index contributed by atoms with van der Waals surface area (Å²) in [7, 11) is 3.25. The predicted octanol–water partition coefficient (Wildman–Crippen LogP) is 4.90. The number of fused-ring (bicyclic) bond motifs is 3. The Bertz CT molecular complexity index is 1780. The van der Waals surface area contributed by atoms with Crippen molar-refractivity contribution in [1.82, 2.24) is 4.57 Å². The van der Waals surface area contributed by atoms with Crippen LogP contribution >= 0.6 is 11.3 Å². The molecule has 1 aliphatic carbocycles. The van der Waals surface area contributed by atoms with Gasteiger partial charge in [-0.1, -0.05) is 66.5 Å². The fourth-order valence-electron chi connectivity index (χ4n) is 5.31. The topological polar surface area (TPSA) is 62.0 Å². The Kier molecular flexibility index (Phi) is 6.67. The third-order valence-electron chi connectivity index (χ3n) is 7.14. The first-order valence-electron chi connectivity index (χ1n) is 12.8. The van der Waals surface area contributed by atoms with Crippen LogP contribution in [0.1, 0.15) is 34.7 Å². The van der Waals surface area contributed by atoms with Gasteiger partial charge in [0.2, 0.25) is 0 Å². The predicted molar refractivity (Wildman–Crippen MR) is 154 cm³/mol.